The molecule has 0 radical (unpaired) electrons. The van der Waals surface area contributed by atoms with Crippen molar-refractivity contribution in [1.82, 2.24) is 9.82 Å². The summed E-state index contributed by atoms with van der Waals surface area (Å²) >= 11 is 0. The molecule has 10 rings (SSSR count). The lowest BCUT2D eigenvalue weighted by Crippen LogP contribution is -2.55. The first kappa shape index (κ1) is 40.8. The zero-order valence-corrected chi connectivity index (χ0v) is 37.2. The van der Waals surface area contributed by atoms with E-state index in [-0.39, 0.29) is 10.8 Å². The highest BCUT2D eigenvalue weighted by Crippen LogP contribution is 2.51. The third-order valence-corrected chi connectivity index (χ3v) is 12.6. The smallest absolute Gasteiger partial charge is 0.0622 e. The van der Waals surface area contributed by atoms with Crippen LogP contribution in [0.1, 0.15) is 75.1 Å². The van der Waals surface area contributed by atoms with Gasteiger partial charge in [-0.2, -0.15) is 0 Å². The third kappa shape index (κ3) is 7.16. The summed E-state index contributed by atoms with van der Waals surface area (Å²) in [5.74, 6) is 0. The van der Waals surface area contributed by atoms with Crippen LogP contribution < -0.4 is 5.15 Å². The molecule has 0 aliphatic carbocycles. The fourth-order valence-electron chi connectivity index (χ4n) is 9.19. The number of quaternary nitrogens is 1. The normalized spacial score (nSPS) is 14.7. The van der Waals surface area contributed by atoms with Gasteiger partial charge in [-0.25, -0.2) is 0 Å². The highest BCUT2D eigenvalue weighted by molar-refractivity contribution is 6.16. The topological polar surface area (TPSA) is 7.94 Å². The number of allylic oxidation sites excluding steroid dienone is 2. The molecule has 0 amide bonds. The highest BCUT2D eigenvalue weighted by Gasteiger charge is 2.63. The zero-order valence-electron chi connectivity index (χ0n) is 37.2. The second-order valence-corrected chi connectivity index (χ2v) is 19.0. The average molecular weight is 840 g/mol. The molecule has 2 aliphatic heterocycles. The number of aromatic nitrogens is 1. The van der Waals surface area contributed by atoms with Crippen molar-refractivity contribution in [2.24, 2.45) is 0 Å². The van der Waals surface area contributed by atoms with Crippen LogP contribution in [0.3, 0.4) is 0 Å². The molecule has 0 spiro atoms. The molecule has 7 aromatic carbocycles. The number of nitrogens with zero attached hydrogens (tertiary/aromatic N) is 3. The number of hydrogen-bond acceptors (Lipinski definition) is 0. The van der Waals surface area contributed by atoms with Crippen LogP contribution in [0.4, 0.5) is 8.96 Å². The summed E-state index contributed by atoms with van der Waals surface area (Å²) in [6.07, 6.45) is 1.95. The van der Waals surface area contributed by atoms with Gasteiger partial charge in [0.15, 0.2) is 0 Å². The molecule has 0 N–H and O–H groups in total. The minimum absolute atomic E-state index is 0.0207. The van der Waals surface area contributed by atoms with Gasteiger partial charge < -0.3 is 0 Å². The van der Waals surface area contributed by atoms with Crippen molar-refractivity contribution < 1.29 is 13.6 Å². The van der Waals surface area contributed by atoms with Crippen molar-refractivity contribution in [3.8, 4) is 44.6 Å². The second-order valence-electron chi connectivity index (χ2n) is 19.0. The lowest BCUT2D eigenvalue weighted by molar-refractivity contribution is -0.770. The lowest BCUT2D eigenvalue weighted by atomic mass is 9.84. The van der Waals surface area contributed by atoms with Gasteiger partial charge in [0.1, 0.15) is 20.4 Å². The fourth-order valence-corrected chi connectivity index (χ4v) is 9.19. The zero-order chi connectivity index (χ0) is 44.4. The molecule has 64 heavy (non-hydrogen) atoms. The first-order chi connectivity index (χ1) is 30.8. The van der Waals surface area contributed by atoms with Crippen LogP contribution in [0.2, 0.25) is 0 Å². The largest absolute Gasteiger partial charge is 0.383 e. The molecular weight excluding hydrogens is 789 g/mol. The number of fused-ring (bicyclic) bond motifs is 2. The Hall–Kier alpha value is -7.21. The number of rotatable bonds is 7. The average Bonchev–Trinajstić information content (AvgIpc) is 3.92. The van der Waals surface area contributed by atoms with Gasteiger partial charge in [0.05, 0.1) is 21.4 Å². The minimum Gasteiger partial charge on any atom is -0.0622 e. The van der Waals surface area contributed by atoms with Crippen molar-refractivity contribution in [2.45, 2.75) is 52.4 Å². The molecule has 0 atom stereocenters. The monoisotopic (exact) mass is 839 g/mol. The Morgan fingerprint density at radius 2 is 0.844 bits per heavy atom. The Labute approximate surface area is 375 Å². The summed E-state index contributed by atoms with van der Waals surface area (Å²) < 4.78 is 39.8. The van der Waals surface area contributed by atoms with E-state index in [0.29, 0.717) is 39.5 Å². The van der Waals surface area contributed by atoms with E-state index in [1.54, 1.807) is 0 Å². The molecule has 1 aromatic heterocycles. The van der Waals surface area contributed by atoms with Crippen LogP contribution in [-0.4, -0.2) is 15.1 Å². The van der Waals surface area contributed by atoms with Gasteiger partial charge in [0, 0.05) is 17.2 Å². The van der Waals surface area contributed by atoms with E-state index in [0.717, 1.165) is 50.1 Å². The predicted octanol–water partition coefficient (Wildman–Crippen LogP) is 15.2. The van der Waals surface area contributed by atoms with E-state index in [1.165, 1.54) is 20.5 Å². The van der Waals surface area contributed by atoms with Gasteiger partial charge in [0.25, 0.3) is 11.4 Å². The van der Waals surface area contributed by atoms with Crippen LogP contribution in [0.15, 0.2) is 206 Å². The van der Waals surface area contributed by atoms with Crippen molar-refractivity contribution in [1.29, 1.82) is 0 Å². The molecule has 2 aliphatic rings. The van der Waals surface area contributed by atoms with Crippen LogP contribution in [0.25, 0.3) is 55.8 Å². The summed E-state index contributed by atoms with van der Waals surface area (Å²) in [6, 6.07) is 65.3. The van der Waals surface area contributed by atoms with Gasteiger partial charge in [-0.05, 0) is 97.3 Å². The predicted molar refractivity (Wildman–Crippen MR) is 261 cm³/mol. The maximum absolute atomic E-state index is 18.6. The summed E-state index contributed by atoms with van der Waals surface area (Å²) in [4.78, 5) is 0. The SMILES string of the molecule is CC(C)(C)c1ccc(-c2cc(C3=C4C(c5ccccc5)=CC(c5ccccc5)=[N+]4[N+](F)(F)n4c(-c5ccccc5)cc(-c5ccccc5)c43)cc(-c3ccc(C(C)(C)C)cc3)c2)cc1. The maximum atomic E-state index is 18.6. The van der Waals surface area contributed by atoms with E-state index in [2.05, 4.69) is 108 Å². The Morgan fingerprint density at radius 3 is 1.31 bits per heavy atom. The van der Waals surface area contributed by atoms with Gasteiger partial charge in [-0.3, -0.25) is 0 Å². The first-order valence-corrected chi connectivity index (χ1v) is 22.1. The van der Waals surface area contributed by atoms with Crippen LogP contribution in [0, 0.1) is 0 Å². The molecule has 0 bridgehead atoms. The molecule has 0 unspecified atom stereocenters. The highest BCUT2D eigenvalue weighted by atomic mass is 19.4. The molecule has 0 saturated heterocycles. The fraction of sp³-hybridized carbons (Fsp3) is 0.136. The first-order valence-electron chi connectivity index (χ1n) is 22.1. The summed E-state index contributed by atoms with van der Waals surface area (Å²) in [5, 5.41) is -2.59. The van der Waals surface area contributed by atoms with E-state index in [4.69, 9.17) is 0 Å². The Morgan fingerprint density at radius 1 is 0.422 bits per heavy atom. The Balaban J connectivity index is 1.37. The van der Waals surface area contributed by atoms with E-state index in [9.17, 15) is 0 Å². The van der Waals surface area contributed by atoms with Crippen molar-refractivity contribution in [3.63, 3.8) is 0 Å². The summed E-state index contributed by atoms with van der Waals surface area (Å²) in [5.41, 5.74) is 14.3. The molecule has 0 saturated carbocycles. The molecule has 8 aromatic rings. The van der Waals surface area contributed by atoms with Gasteiger partial charge >= 0.3 is 5.15 Å². The van der Waals surface area contributed by atoms with Gasteiger partial charge in [-0.15, -0.1) is 0 Å². The van der Waals surface area contributed by atoms with Crippen LogP contribution >= 0.6 is 0 Å². The molecule has 0 fully saturated rings. The molecular formula is C59H51F2N3+2. The van der Waals surface area contributed by atoms with E-state index in [1.807, 2.05) is 133 Å². The van der Waals surface area contributed by atoms with Crippen molar-refractivity contribution >= 4 is 16.9 Å². The van der Waals surface area contributed by atoms with Crippen molar-refractivity contribution in [2.75, 3.05) is 0 Å². The van der Waals surface area contributed by atoms with E-state index < -0.39 is 5.15 Å². The lowest BCUT2D eigenvalue weighted by Gasteiger charge is -2.24. The minimum atomic E-state index is -2.59. The third-order valence-electron chi connectivity index (χ3n) is 12.6. The maximum Gasteiger partial charge on any atom is 0.383 e. The Bertz CT molecular complexity index is 3050. The van der Waals surface area contributed by atoms with Crippen LogP contribution in [-0.2, 0) is 10.8 Å². The van der Waals surface area contributed by atoms with E-state index >= 15 is 8.96 Å². The summed E-state index contributed by atoms with van der Waals surface area (Å²) in [6.45, 7) is 13.3. The molecule has 5 heteroatoms. The standard InChI is InChI=1S/C59H51F2N3/c1-58(2,3)49-31-27-40(28-32-49)46-35-47(41-29-33-50(34-30-41)59(4,5)6)37-48(36-46)55-56-51(42-19-11-7-12-20-42)38-53(44-23-15-9-16-24-44)62(56)64(60,61)63-54(45-25-17-10-18-26-45)39-52(57(55)63)43-21-13-8-14-22-43/h7-39H,1-6H3/q+2. The van der Waals surface area contributed by atoms with Crippen LogP contribution in [0.5, 0.6) is 0 Å². The Kier molecular flexibility index (Phi) is 9.92. The molecule has 314 valence electrons. The summed E-state index contributed by atoms with van der Waals surface area (Å²) in [7, 11) is 0. The molecule has 3 heterocycles. The number of halogens is 2. The molecule has 3 nitrogen and oxygen atoms in total. The quantitative estimate of drug-likeness (QED) is 0.112. The second kappa shape index (κ2) is 15.5. The van der Waals surface area contributed by atoms with Gasteiger partial charge in [-0.1, -0.05) is 204 Å². The van der Waals surface area contributed by atoms with Crippen molar-refractivity contribution in [3.05, 3.63) is 239 Å². The van der Waals surface area contributed by atoms with Gasteiger partial charge in [0.2, 0.25) is 0 Å². The number of hydrogen-bond donors (Lipinski definition) is 0. The number of benzene rings is 7.